The number of aromatic nitrogens is 1. The van der Waals surface area contributed by atoms with Gasteiger partial charge in [-0.2, -0.15) is 17.4 Å². The van der Waals surface area contributed by atoms with Crippen LogP contribution in [0.3, 0.4) is 0 Å². The van der Waals surface area contributed by atoms with E-state index in [0.717, 1.165) is 25.7 Å². The lowest BCUT2D eigenvalue weighted by Crippen LogP contribution is -2.48. The first-order chi connectivity index (χ1) is 11.1. The first-order valence-corrected chi connectivity index (χ1v) is 10.4. The van der Waals surface area contributed by atoms with E-state index in [2.05, 4.69) is 36.1 Å². The van der Waals surface area contributed by atoms with Gasteiger partial charge in [-0.1, -0.05) is 20.8 Å². The van der Waals surface area contributed by atoms with Crippen molar-refractivity contribution in [1.29, 1.82) is 0 Å². The Morgan fingerprint density at radius 2 is 1.92 bits per heavy atom. The molecule has 1 aromatic rings. The van der Waals surface area contributed by atoms with E-state index in [1.807, 2.05) is 26.2 Å². The van der Waals surface area contributed by atoms with E-state index < -0.39 is 10.2 Å². The lowest BCUT2D eigenvalue weighted by Gasteiger charge is -2.38. The lowest BCUT2D eigenvalue weighted by atomic mass is 9.76. The molecule has 0 amide bonds. The Morgan fingerprint density at radius 1 is 1.29 bits per heavy atom. The topological polar surface area (TPSA) is 54.3 Å². The predicted molar refractivity (Wildman–Crippen MR) is 99.0 cm³/mol. The minimum atomic E-state index is -3.38. The molecule has 0 spiro atoms. The van der Waals surface area contributed by atoms with Crippen molar-refractivity contribution in [3.63, 3.8) is 0 Å². The Morgan fingerprint density at radius 3 is 2.42 bits per heavy atom. The third-order valence-electron chi connectivity index (χ3n) is 5.25. The predicted octanol–water partition coefficient (Wildman–Crippen LogP) is 2.94. The largest absolute Gasteiger partial charge is 0.354 e. The fourth-order valence-corrected chi connectivity index (χ4v) is 4.94. The van der Waals surface area contributed by atoms with Gasteiger partial charge in [-0.25, -0.2) is 0 Å². The molecule has 5 nitrogen and oxygen atoms in total. The van der Waals surface area contributed by atoms with Crippen LogP contribution < -0.4 is 4.72 Å². The summed E-state index contributed by atoms with van der Waals surface area (Å²) < 4.78 is 31.7. The molecule has 1 saturated heterocycles. The number of hydrogen-bond donors (Lipinski definition) is 1. The standard InChI is InChI=1S/C18H33N3O2S/c1-15(8-9-17-7-6-12-20(17)5)19-24(22,23)21-13-10-16(11-14-21)18(2,3)4/h6-7,12,15-16,19H,8-11,13-14H2,1-5H3/t15-/m0/s1. The minimum Gasteiger partial charge on any atom is -0.354 e. The molecule has 0 radical (unpaired) electrons. The van der Waals surface area contributed by atoms with Gasteiger partial charge in [0.05, 0.1) is 0 Å². The van der Waals surface area contributed by atoms with E-state index in [4.69, 9.17) is 0 Å². The Kier molecular flexibility index (Phi) is 6.15. The Balaban J connectivity index is 1.84. The maximum absolute atomic E-state index is 12.6. The normalized spacial score (nSPS) is 19.5. The molecule has 0 aliphatic carbocycles. The summed E-state index contributed by atoms with van der Waals surface area (Å²) in [6.45, 7) is 9.93. The van der Waals surface area contributed by atoms with Crippen LogP contribution in [0.5, 0.6) is 0 Å². The van der Waals surface area contributed by atoms with E-state index >= 15 is 0 Å². The van der Waals surface area contributed by atoms with Gasteiger partial charge < -0.3 is 4.57 Å². The van der Waals surface area contributed by atoms with Crippen molar-refractivity contribution in [2.75, 3.05) is 13.1 Å². The van der Waals surface area contributed by atoms with Crippen molar-refractivity contribution >= 4 is 10.2 Å². The van der Waals surface area contributed by atoms with Crippen LogP contribution in [0.25, 0.3) is 0 Å². The van der Waals surface area contributed by atoms with Crippen LogP contribution in [0.1, 0.15) is 52.7 Å². The molecular formula is C18H33N3O2S. The fraction of sp³-hybridized carbons (Fsp3) is 0.778. The first kappa shape index (κ1) is 19.5. The zero-order chi connectivity index (χ0) is 18.0. The number of nitrogens with zero attached hydrogens (tertiary/aromatic N) is 2. The van der Waals surface area contributed by atoms with Gasteiger partial charge in [0.2, 0.25) is 0 Å². The average Bonchev–Trinajstić information content (AvgIpc) is 2.89. The number of piperidine rings is 1. The molecule has 2 heterocycles. The smallest absolute Gasteiger partial charge is 0.279 e. The number of rotatable bonds is 6. The highest BCUT2D eigenvalue weighted by molar-refractivity contribution is 7.87. The van der Waals surface area contributed by atoms with E-state index in [0.29, 0.717) is 19.0 Å². The van der Waals surface area contributed by atoms with Crippen LogP contribution in [-0.4, -0.2) is 36.4 Å². The molecule has 0 unspecified atom stereocenters. The second-order valence-corrected chi connectivity index (χ2v) is 9.91. The van der Waals surface area contributed by atoms with Crippen LogP contribution in [0.4, 0.5) is 0 Å². The Labute approximate surface area is 147 Å². The van der Waals surface area contributed by atoms with Crippen molar-refractivity contribution in [3.8, 4) is 0 Å². The van der Waals surface area contributed by atoms with Gasteiger partial charge in [0, 0.05) is 38.1 Å². The molecule has 2 rings (SSSR count). The van der Waals surface area contributed by atoms with Crippen molar-refractivity contribution < 1.29 is 8.42 Å². The first-order valence-electron chi connectivity index (χ1n) is 8.97. The van der Waals surface area contributed by atoms with Gasteiger partial charge in [0.1, 0.15) is 0 Å². The van der Waals surface area contributed by atoms with Crippen molar-refractivity contribution in [2.45, 2.75) is 59.4 Å². The van der Waals surface area contributed by atoms with Gasteiger partial charge in [-0.15, -0.1) is 0 Å². The van der Waals surface area contributed by atoms with Crippen molar-refractivity contribution in [2.24, 2.45) is 18.4 Å². The van der Waals surface area contributed by atoms with E-state index in [-0.39, 0.29) is 11.5 Å². The minimum absolute atomic E-state index is 0.0646. The zero-order valence-electron chi connectivity index (χ0n) is 15.7. The second kappa shape index (κ2) is 7.58. The maximum Gasteiger partial charge on any atom is 0.279 e. The molecular weight excluding hydrogens is 322 g/mol. The summed E-state index contributed by atoms with van der Waals surface area (Å²) in [7, 11) is -1.36. The molecule has 1 aliphatic rings. The van der Waals surface area contributed by atoms with E-state index in [1.54, 1.807) is 4.31 Å². The van der Waals surface area contributed by atoms with Crippen LogP contribution in [0.15, 0.2) is 18.3 Å². The number of hydrogen-bond acceptors (Lipinski definition) is 2. The second-order valence-electron chi connectivity index (χ2n) is 8.21. The highest BCUT2D eigenvalue weighted by Crippen LogP contribution is 2.34. The Bertz CT molecular complexity index is 623. The van der Waals surface area contributed by atoms with E-state index in [1.165, 1.54) is 5.69 Å². The van der Waals surface area contributed by atoms with Gasteiger partial charge in [-0.3, -0.25) is 0 Å². The molecule has 1 N–H and O–H groups in total. The Hall–Kier alpha value is -0.850. The molecule has 138 valence electrons. The van der Waals surface area contributed by atoms with Crippen LogP contribution >= 0.6 is 0 Å². The summed E-state index contributed by atoms with van der Waals surface area (Å²) in [6, 6.07) is 4.03. The summed E-state index contributed by atoms with van der Waals surface area (Å²) >= 11 is 0. The third kappa shape index (κ3) is 5.07. The summed E-state index contributed by atoms with van der Waals surface area (Å²) in [5, 5.41) is 0. The van der Waals surface area contributed by atoms with Gasteiger partial charge in [0.25, 0.3) is 10.2 Å². The van der Waals surface area contributed by atoms with Gasteiger partial charge in [0.15, 0.2) is 0 Å². The summed E-state index contributed by atoms with van der Waals surface area (Å²) in [5.74, 6) is 0.596. The molecule has 6 heteroatoms. The molecule has 0 aromatic carbocycles. The number of nitrogens with one attached hydrogen (secondary N) is 1. The third-order valence-corrected chi connectivity index (χ3v) is 7.00. The molecule has 1 aliphatic heterocycles. The average molecular weight is 356 g/mol. The molecule has 1 fully saturated rings. The summed E-state index contributed by atoms with van der Waals surface area (Å²) in [5.41, 5.74) is 1.48. The quantitative estimate of drug-likeness (QED) is 0.853. The highest BCUT2D eigenvalue weighted by Gasteiger charge is 2.33. The molecule has 0 saturated carbocycles. The van der Waals surface area contributed by atoms with Gasteiger partial charge >= 0.3 is 0 Å². The molecule has 1 aromatic heterocycles. The van der Waals surface area contributed by atoms with Crippen molar-refractivity contribution in [3.05, 3.63) is 24.0 Å². The van der Waals surface area contributed by atoms with Crippen LogP contribution in [-0.2, 0) is 23.7 Å². The van der Waals surface area contributed by atoms with E-state index in [9.17, 15) is 8.42 Å². The zero-order valence-corrected chi connectivity index (χ0v) is 16.6. The number of aryl methyl sites for hydroxylation is 2. The highest BCUT2D eigenvalue weighted by atomic mass is 32.2. The lowest BCUT2D eigenvalue weighted by molar-refractivity contribution is 0.153. The summed E-state index contributed by atoms with van der Waals surface area (Å²) in [4.78, 5) is 0. The molecule has 24 heavy (non-hydrogen) atoms. The fourth-order valence-electron chi connectivity index (χ4n) is 3.47. The summed E-state index contributed by atoms with van der Waals surface area (Å²) in [6.07, 6.45) is 5.59. The van der Waals surface area contributed by atoms with Crippen LogP contribution in [0, 0.1) is 11.3 Å². The molecule has 0 bridgehead atoms. The maximum atomic E-state index is 12.6. The monoisotopic (exact) mass is 355 g/mol. The molecule has 1 atom stereocenters. The van der Waals surface area contributed by atoms with Gasteiger partial charge in [-0.05, 0) is 56.1 Å². The van der Waals surface area contributed by atoms with Crippen LogP contribution in [0.2, 0.25) is 0 Å². The SMILES string of the molecule is C[C@@H](CCc1cccn1C)NS(=O)(=O)N1CCC(C(C)(C)C)CC1. The van der Waals surface area contributed by atoms with Crippen molar-refractivity contribution in [1.82, 2.24) is 13.6 Å².